The highest BCUT2D eigenvalue weighted by molar-refractivity contribution is 9.10. The molecule has 0 spiro atoms. The highest BCUT2D eigenvalue weighted by Crippen LogP contribution is 2.31. The Morgan fingerprint density at radius 2 is 1.70 bits per heavy atom. The fourth-order valence-corrected chi connectivity index (χ4v) is 3.08. The van der Waals surface area contributed by atoms with Gasteiger partial charge in [-0.25, -0.2) is 0 Å². The molecule has 0 bridgehead atoms. The predicted molar refractivity (Wildman–Crippen MR) is 92.3 cm³/mol. The van der Waals surface area contributed by atoms with E-state index in [4.69, 9.17) is 0 Å². The molecule has 20 heavy (non-hydrogen) atoms. The lowest BCUT2D eigenvalue weighted by Gasteiger charge is -2.24. The first-order valence-corrected chi connectivity index (χ1v) is 8.13. The number of nitrogens with one attached hydrogen (secondary N) is 1. The fraction of sp³-hybridized carbons (Fsp3) is 0.444. The van der Waals surface area contributed by atoms with Crippen LogP contribution in [0.5, 0.6) is 0 Å². The van der Waals surface area contributed by atoms with Gasteiger partial charge < -0.3 is 5.32 Å². The van der Waals surface area contributed by atoms with Gasteiger partial charge in [-0.1, -0.05) is 60.1 Å². The van der Waals surface area contributed by atoms with Crippen LogP contribution in [0.4, 0.5) is 0 Å². The Morgan fingerprint density at radius 1 is 1.00 bits per heavy atom. The number of hydrogen-bond acceptors (Lipinski definition) is 1. The Labute approximate surface area is 130 Å². The summed E-state index contributed by atoms with van der Waals surface area (Å²) in [6.07, 6.45) is 3.59. The van der Waals surface area contributed by atoms with Crippen LogP contribution in [0.2, 0.25) is 0 Å². The molecule has 0 aliphatic heterocycles. The number of hydrogen-bond donors (Lipinski definition) is 1. The van der Waals surface area contributed by atoms with Crippen molar-refractivity contribution in [1.82, 2.24) is 5.32 Å². The second-order valence-corrected chi connectivity index (χ2v) is 7.12. The quantitative estimate of drug-likeness (QED) is 0.768. The number of benzene rings is 2. The van der Waals surface area contributed by atoms with Crippen molar-refractivity contribution >= 4 is 26.7 Å². The van der Waals surface area contributed by atoms with E-state index in [1.165, 1.54) is 33.7 Å². The molecule has 0 aliphatic carbocycles. The fourth-order valence-electron chi connectivity index (χ4n) is 2.60. The standard InChI is InChI=1S/C18H24BrN/c1-18(2,12-13-20-3)11-10-14-8-9-17(19)16-7-5-4-6-15(14)16/h4-9,20H,10-13H2,1-3H3. The van der Waals surface area contributed by atoms with Crippen molar-refractivity contribution in [3.63, 3.8) is 0 Å². The topological polar surface area (TPSA) is 12.0 Å². The third kappa shape index (κ3) is 3.83. The maximum atomic E-state index is 3.65. The van der Waals surface area contributed by atoms with Gasteiger partial charge in [-0.2, -0.15) is 0 Å². The molecule has 0 fully saturated rings. The van der Waals surface area contributed by atoms with Gasteiger partial charge in [-0.05, 0) is 60.7 Å². The summed E-state index contributed by atoms with van der Waals surface area (Å²) >= 11 is 3.65. The van der Waals surface area contributed by atoms with Gasteiger partial charge in [0.05, 0.1) is 0 Å². The van der Waals surface area contributed by atoms with E-state index >= 15 is 0 Å². The largest absolute Gasteiger partial charge is 0.320 e. The third-order valence-electron chi connectivity index (χ3n) is 4.08. The lowest BCUT2D eigenvalue weighted by Crippen LogP contribution is -2.20. The summed E-state index contributed by atoms with van der Waals surface area (Å²) in [5.74, 6) is 0. The summed E-state index contributed by atoms with van der Waals surface area (Å²) in [6, 6.07) is 13.1. The van der Waals surface area contributed by atoms with Gasteiger partial charge in [-0.15, -0.1) is 0 Å². The van der Waals surface area contributed by atoms with E-state index in [1.807, 2.05) is 7.05 Å². The number of fused-ring (bicyclic) bond motifs is 1. The minimum atomic E-state index is 0.386. The van der Waals surface area contributed by atoms with Gasteiger partial charge in [0.15, 0.2) is 0 Å². The van der Waals surface area contributed by atoms with Gasteiger partial charge in [0.25, 0.3) is 0 Å². The minimum Gasteiger partial charge on any atom is -0.320 e. The normalized spacial score (nSPS) is 12.0. The predicted octanol–water partition coefficient (Wildman–Crippen LogP) is 5.17. The van der Waals surface area contributed by atoms with Crippen LogP contribution < -0.4 is 5.32 Å². The van der Waals surface area contributed by atoms with Crippen LogP contribution in [-0.2, 0) is 6.42 Å². The molecule has 2 aromatic rings. The third-order valence-corrected chi connectivity index (χ3v) is 4.78. The van der Waals surface area contributed by atoms with Gasteiger partial charge >= 0.3 is 0 Å². The van der Waals surface area contributed by atoms with Crippen molar-refractivity contribution in [1.29, 1.82) is 0 Å². The molecule has 1 N–H and O–H groups in total. The first-order valence-electron chi connectivity index (χ1n) is 7.34. The molecule has 0 unspecified atom stereocenters. The number of halogens is 1. The summed E-state index contributed by atoms with van der Waals surface area (Å²) in [6.45, 7) is 5.82. The zero-order valence-corrected chi connectivity index (χ0v) is 14.3. The molecular weight excluding hydrogens is 310 g/mol. The second kappa shape index (κ2) is 6.73. The molecule has 0 radical (unpaired) electrons. The Hall–Kier alpha value is -0.860. The summed E-state index contributed by atoms with van der Waals surface area (Å²) < 4.78 is 1.19. The molecule has 2 rings (SSSR count). The van der Waals surface area contributed by atoms with E-state index in [1.54, 1.807) is 0 Å². The van der Waals surface area contributed by atoms with Crippen molar-refractivity contribution in [2.24, 2.45) is 5.41 Å². The van der Waals surface area contributed by atoms with E-state index in [0.717, 1.165) is 13.0 Å². The average Bonchev–Trinajstić information content (AvgIpc) is 2.45. The molecule has 0 saturated heterocycles. The van der Waals surface area contributed by atoms with Crippen LogP contribution in [0, 0.1) is 5.41 Å². The SMILES string of the molecule is CNCCC(C)(C)CCc1ccc(Br)c2ccccc12. The molecule has 0 atom stereocenters. The Kier molecular flexibility index (Phi) is 5.22. The molecule has 2 aromatic carbocycles. The Balaban J connectivity index is 2.16. The lowest BCUT2D eigenvalue weighted by molar-refractivity contribution is 0.306. The smallest absolute Gasteiger partial charge is 0.0253 e. The zero-order chi connectivity index (χ0) is 14.6. The highest BCUT2D eigenvalue weighted by Gasteiger charge is 2.17. The lowest BCUT2D eigenvalue weighted by atomic mass is 9.82. The van der Waals surface area contributed by atoms with E-state index < -0.39 is 0 Å². The average molecular weight is 334 g/mol. The molecule has 0 saturated carbocycles. The van der Waals surface area contributed by atoms with Crippen LogP contribution in [0.3, 0.4) is 0 Å². The van der Waals surface area contributed by atoms with Gasteiger partial charge in [0, 0.05) is 4.47 Å². The van der Waals surface area contributed by atoms with Gasteiger partial charge in [0.1, 0.15) is 0 Å². The van der Waals surface area contributed by atoms with Crippen molar-refractivity contribution in [2.75, 3.05) is 13.6 Å². The van der Waals surface area contributed by atoms with Crippen LogP contribution in [0.25, 0.3) is 10.8 Å². The molecule has 2 heteroatoms. The van der Waals surface area contributed by atoms with Crippen molar-refractivity contribution in [3.05, 3.63) is 46.4 Å². The van der Waals surface area contributed by atoms with Crippen LogP contribution in [-0.4, -0.2) is 13.6 Å². The molecule has 108 valence electrons. The molecule has 0 amide bonds. The van der Waals surface area contributed by atoms with Gasteiger partial charge in [0.2, 0.25) is 0 Å². The van der Waals surface area contributed by atoms with Crippen LogP contribution in [0.1, 0.15) is 32.3 Å². The molecule has 0 aliphatic rings. The van der Waals surface area contributed by atoms with E-state index in [0.29, 0.717) is 5.41 Å². The number of aryl methyl sites for hydroxylation is 1. The zero-order valence-electron chi connectivity index (χ0n) is 12.7. The summed E-state index contributed by atoms with van der Waals surface area (Å²) in [5.41, 5.74) is 1.85. The van der Waals surface area contributed by atoms with E-state index in [-0.39, 0.29) is 0 Å². The van der Waals surface area contributed by atoms with Crippen molar-refractivity contribution in [3.8, 4) is 0 Å². The highest BCUT2D eigenvalue weighted by atomic mass is 79.9. The Bertz CT molecular complexity index is 575. The summed E-state index contributed by atoms with van der Waals surface area (Å²) in [5, 5.41) is 5.95. The molecule has 0 aromatic heterocycles. The first-order chi connectivity index (χ1) is 9.53. The molecule has 1 nitrogen and oxygen atoms in total. The summed E-state index contributed by atoms with van der Waals surface area (Å²) in [4.78, 5) is 0. The first kappa shape index (κ1) is 15.5. The second-order valence-electron chi connectivity index (χ2n) is 6.27. The van der Waals surface area contributed by atoms with Crippen molar-refractivity contribution in [2.45, 2.75) is 33.1 Å². The Morgan fingerprint density at radius 3 is 2.40 bits per heavy atom. The molecule has 0 heterocycles. The maximum absolute atomic E-state index is 3.65. The summed E-state index contributed by atoms with van der Waals surface area (Å²) in [7, 11) is 2.03. The minimum absolute atomic E-state index is 0.386. The van der Waals surface area contributed by atoms with Gasteiger partial charge in [-0.3, -0.25) is 0 Å². The van der Waals surface area contributed by atoms with E-state index in [2.05, 4.69) is 71.5 Å². The monoisotopic (exact) mass is 333 g/mol. The van der Waals surface area contributed by atoms with E-state index in [9.17, 15) is 0 Å². The number of rotatable bonds is 6. The maximum Gasteiger partial charge on any atom is 0.0253 e. The van der Waals surface area contributed by atoms with Crippen LogP contribution >= 0.6 is 15.9 Å². The van der Waals surface area contributed by atoms with Crippen molar-refractivity contribution < 1.29 is 0 Å². The molecular formula is C18H24BrN. The van der Waals surface area contributed by atoms with Crippen LogP contribution in [0.15, 0.2) is 40.9 Å².